The third kappa shape index (κ3) is 3.28. The van der Waals surface area contributed by atoms with E-state index in [1.54, 1.807) is 17.7 Å². The Morgan fingerprint density at radius 2 is 2.10 bits per heavy atom. The number of ether oxygens (including phenoxy) is 1. The van der Waals surface area contributed by atoms with Crippen molar-refractivity contribution in [1.82, 2.24) is 9.55 Å². The van der Waals surface area contributed by atoms with Crippen molar-refractivity contribution in [1.29, 1.82) is 0 Å². The zero-order valence-corrected chi connectivity index (χ0v) is 13.0. The minimum Gasteiger partial charge on any atom is -0.497 e. The van der Waals surface area contributed by atoms with Crippen molar-refractivity contribution in [2.75, 3.05) is 7.11 Å². The van der Waals surface area contributed by atoms with Gasteiger partial charge in [0, 0.05) is 23.5 Å². The summed E-state index contributed by atoms with van der Waals surface area (Å²) in [4.78, 5) is 16.9. The molecular formula is C15H17N3O2S. The summed E-state index contributed by atoms with van der Waals surface area (Å²) < 4.78 is 6.83. The van der Waals surface area contributed by atoms with Gasteiger partial charge in [0.1, 0.15) is 10.7 Å². The molecule has 0 aliphatic heterocycles. The Balaban J connectivity index is 2.49. The van der Waals surface area contributed by atoms with Crippen LogP contribution in [0.25, 0.3) is 0 Å². The molecule has 0 saturated heterocycles. The smallest absolute Gasteiger partial charge is 0.261 e. The lowest BCUT2D eigenvalue weighted by atomic mass is 10.2. The van der Waals surface area contributed by atoms with Crippen molar-refractivity contribution in [2.45, 2.75) is 20.4 Å². The molecule has 0 aliphatic rings. The van der Waals surface area contributed by atoms with Crippen LogP contribution in [0.1, 0.15) is 22.6 Å². The fourth-order valence-electron chi connectivity index (χ4n) is 2.12. The molecule has 0 saturated carbocycles. The van der Waals surface area contributed by atoms with Crippen LogP contribution in [0.3, 0.4) is 0 Å². The standard InChI is InChI=1S/C15H17N3O2S/c1-9-6-12(20-3)7-11(17-9)8-18-10(2)4-5-13(14(16)21)15(18)19/h4-7H,8H2,1-3H3,(H2,16,21). The lowest BCUT2D eigenvalue weighted by molar-refractivity contribution is 0.412. The minimum atomic E-state index is -0.204. The van der Waals surface area contributed by atoms with Gasteiger partial charge in [-0.25, -0.2) is 0 Å². The molecule has 0 spiro atoms. The largest absolute Gasteiger partial charge is 0.497 e. The van der Waals surface area contributed by atoms with E-state index >= 15 is 0 Å². The van der Waals surface area contributed by atoms with E-state index in [1.165, 1.54) is 0 Å². The number of hydrogen-bond donors (Lipinski definition) is 1. The van der Waals surface area contributed by atoms with E-state index < -0.39 is 0 Å². The number of aromatic nitrogens is 2. The molecule has 2 rings (SSSR count). The van der Waals surface area contributed by atoms with E-state index in [2.05, 4.69) is 4.98 Å². The molecule has 0 fully saturated rings. The average Bonchev–Trinajstić information content (AvgIpc) is 2.42. The predicted molar refractivity (Wildman–Crippen MR) is 86.0 cm³/mol. The van der Waals surface area contributed by atoms with Crippen LogP contribution in [0.15, 0.2) is 29.1 Å². The first-order chi connectivity index (χ1) is 9.92. The van der Waals surface area contributed by atoms with E-state index in [-0.39, 0.29) is 10.5 Å². The molecular weight excluding hydrogens is 286 g/mol. The summed E-state index contributed by atoms with van der Waals surface area (Å²) in [5.74, 6) is 0.716. The zero-order chi connectivity index (χ0) is 15.6. The topological polar surface area (TPSA) is 70.1 Å². The average molecular weight is 303 g/mol. The summed E-state index contributed by atoms with van der Waals surface area (Å²) in [5, 5.41) is 0. The fourth-order valence-corrected chi connectivity index (χ4v) is 2.27. The highest BCUT2D eigenvalue weighted by Crippen LogP contribution is 2.14. The monoisotopic (exact) mass is 303 g/mol. The first kappa shape index (κ1) is 15.2. The van der Waals surface area contributed by atoms with Crippen LogP contribution < -0.4 is 16.0 Å². The fraction of sp³-hybridized carbons (Fsp3) is 0.267. The first-order valence-corrected chi connectivity index (χ1v) is 6.85. The highest BCUT2D eigenvalue weighted by atomic mass is 32.1. The third-order valence-electron chi connectivity index (χ3n) is 3.19. The van der Waals surface area contributed by atoms with Crippen LogP contribution in [-0.4, -0.2) is 21.6 Å². The van der Waals surface area contributed by atoms with Gasteiger partial charge in [-0.15, -0.1) is 0 Å². The highest BCUT2D eigenvalue weighted by molar-refractivity contribution is 7.80. The second-order valence-corrected chi connectivity index (χ2v) is 5.22. The van der Waals surface area contributed by atoms with E-state index in [1.807, 2.05) is 32.0 Å². The summed E-state index contributed by atoms with van der Waals surface area (Å²) in [5.41, 5.74) is 8.12. The number of nitrogens with zero attached hydrogens (tertiary/aromatic N) is 2. The number of methoxy groups -OCH3 is 1. The summed E-state index contributed by atoms with van der Waals surface area (Å²) in [6.45, 7) is 4.09. The molecule has 21 heavy (non-hydrogen) atoms. The number of thiocarbonyl (C=S) groups is 1. The molecule has 0 unspecified atom stereocenters. The molecule has 0 amide bonds. The number of rotatable bonds is 4. The number of pyridine rings is 2. The molecule has 2 N–H and O–H groups in total. The lowest BCUT2D eigenvalue weighted by Gasteiger charge is -2.12. The van der Waals surface area contributed by atoms with Crippen LogP contribution >= 0.6 is 12.2 Å². The van der Waals surface area contributed by atoms with E-state index in [0.717, 1.165) is 17.1 Å². The van der Waals surface area contributed by atoms with Gasteiger partial charge < -0.3 is 15.0 Å². The molecule has 5 nitrogen and oxygen atoms in total. The summed E-state index contributed by atoms with van der Waals surface area (Å²) in [6, 6.07) is 7.13. The molecule has 110 valence electrons. The van der Waals surface area contributed by atoms with Gasteiger partial charge >= 0.3 is 0 Å². The van der Waals surface area contributed by atoms with Gasteiger partial charge in [-0.05, 0) is 26.0 Å². The molecule has 0 atom stereocenters. The Hall–Kier alpha value is -2.21. The van der Waals surface area contributed by atoms with Crippen molar-refractivity contribution in [3.05, 3.63) is 57.3 Å². The Morgan fingerprint density at radius 1 is 1.38 bits per heavy atom. The minimum absolute atomic E-state index is 0.100. The van der Waals surface area contributed by atoms with Gasteiger partial charge in [0.15, 0.2) is 0 Å². The molecule has 2 heterocycles. The maximum Gasteiger partial charge on any atom is 0.261 e. The van der Waals surface area contributed by atoms with E-state index in [9.17, 15) is 4.79 Å². The van der Waals surface area contributed by atoms with Crippen molar-refractivity contribution in [3.8, 4) is 5.75 Å². The van der Waals surface area contributed by atoms with Crippen molar-refractivity contribution in [3.63, 3.8) is 0 Å². The lowest BCUT2D eigenvalue weighted by Crippen LogP contribution is -2.30. The maximum absolute atomic E-state index is 12.4. The molecule has 0 aliphatic carbocycles. The molecule has 2 aromatic rings. The van der Waals surface area contributed by atoms with Crippen LogP contribution in [0.5, 0.6) is 5.75 Å². The second kappa shape index (κ2) is 6.05. The highest BCUT2D eigenvalue weighted by Gasteiger charge is 2.10. The molecule has 2 aromatic heterocycles. The number of hydrogen-bond acceptors (Lipinski definition) is 4. The Kier molecular flexibility index (Phi) is 4.37. The van der Waals surface area contributed by atoms with E-state index in [0.29, 0.717) is 17.9 Å². The second-order valence-electron chi connectivity index (χ2n) is 4.78. The molecule has 0 radical (unpaired) electrons. The summed E-state index contributed by atoms with van der Waals surface area (Å²) in [6.07, 6.45) is 0. The summed E-state index contributed by atoms with van der Waals surface area (Å²) in [7, 11) is 1.60. The van der Waals surface area contributed by atoms with Gasteiger partial charge in [0.05, 0.1) is 24.9 Å². The number of aryl methyl sites for hydroxylation is 2. The Morgan fingerprint density at radius 3 is 2.71 bits per heavy atom. The maximum atomic E-state index is 12.4. The number of nitrogens with two attached hydrogens (primary N) is 1. The Labute approximate surface area is 128 Å². The predicted octanol–water partition coefficient (Wildman–Crippen LogP) is 1.55. The normalized spacial score (nSPS) is 10.4. The zero-order valence-electron chi connectivity index (χ0n) is 12.2. The molecule has 0 aromatic carbocycles. The third-order valence-corrected chi connectivity index (χ3v) is 3.41. The van der Waals surface area contributed by atoms with Crippen LogP contribution in [0.4, 0.5) is 0 Å². The first-order valence-electron chi connectivity index (χ1n) is 6.44. The van der Waals surface area contributed by atoms with Crippen molar-refractivity contribution in [2.24, 2.45) is 5.73 Å². The van der Waals surface area contributed by atoms with Crippen LogP contribution in [0.2, 0.25) is 0 Å². The Bertz CT molecular complexity index is 753. The van der Waals surface area contributed by atoms with Crippen LogP contribution in [0, 0.1) is 13.8 Å². The van der Waals surface area contributed by atoms with Crippen molar-refractivity contribution >= 4 is 17.2 Å². The van der Waals surface area contributed by atoms with Crippen molar-refractivity contribution < 1.29 is 4.74 Å². The van der Waals surface area contributed by atoms with Gasteiger partial charge in [-0.3, -0.25) is 9.78 Å². The SMILES string of the molecule is COc1cc(C)nc(Cn2c(C)ccc(C(N)=S)c2=O)c1. The molecule has 6 heteroatoms. The quantitative estimate of drug-likeness (QED) is 0.868. The molecule has 0 bridgehead atoms. The van der Waals surface area contributed by atoms with Crippen LogP contribution in [-0.2, 0) is 6.54 Å². The van der Waals surface area contributed by atoms with Gasteiger partial charge in [-0.2, -0.15) is 0 Å². The summed E-state index contributed by atoms with van der Waals surface area (Å²) >= 11 is 4.91. The van der Waals surface area contributed by atoms with Gasteiger partial charge in [0.2, 0.25) is 0 Å². The van der Waals surface area contributed by atoms with Gasteiger partial charge in [-0.1, -0.05) is 12.2 Å². The van der Waals surface area contributed by atoms with E-state index in [4.69, 9.17) is 22.7 Å². The van der Waals surface area contributed by atoms with Gasteiger partial charge in [0.25, 0.3) is 5.56 Å².